The minimum atomic E-state index is -0.920. The molecule has 2 saturated heterocycles. The number of hydrogen-bond acceptors (Lipinski definition) is 3. The molecule has 2 aliphatic carbocycles. The molecule has 0 N–H and O–H groups in total. The number of rotatable bonds is 6. The van der Waals surface area contributed by atoms with Crippen molar-refractivity contribution in [3.63, 3.8) is 0 Å². The predicted molar refractivity (Wildman–Crippen MR) is 106 cm³/mol. The van der Waals surface area contributed by atoms with Crippen molar-refractivity contribution in [3.05, 3.63) is 0 Å². The molecule has 2 aliphatic heterocycles. The van der Waals surface area contributed by atoms with E-state index in [1.165, 1.54) is 38.9 Å². The molecule has 0 amide bonds. The average Bonchev–Trinajstić information content (AvgIpc) is 3.29. The average molecular weight is 366 g/mol. The van der Waals surface area contributed by atoms with E-state index in [0.29, 0.717) is 17.4 Å². The lowest BCUT2D eigenvalue weighted by molar-refractivity contribution is -0.0808. The number of alkyl halides is 1. The Bertz CT molecular complexity index is 478. The molecule has 26 heavy (non-hydrogen) atoms. The Labute approximate surface area is 160 Å². The van der Waals surface area contributed by atoms with Crippen LogP contribution < -0.4 is 0 Å². The van der Waals surface area contributed by atoms with Crippen LogP contribution in [0.15, 0.2) is 0 Å². The molecule has 1 spiro atoms. The second-order valence-electron chi connectivity index (χ2n) is 11.0. The fourth-order valence-corrected chi connectivity index (χ4v) is 6.07. The highest BCUT2D eigenvalue weighted by Crippen LogP contribution is 2.54. The Morgan fingerprint density at radius 2 is 1.42 bits per heavy atom. The van der Waals surface area contributed by atoms with Gasteiger partial charge in [0.15, 0.2) is 0 Å². The maximum atomic E-state index is 15.4. The quantitative estimate of drug-likeness (QED) is 0.711. The summed E-state index contributed by atoms with van der Waals surface area (Å²) in [5.41, 5.74) is 0.193. The number of likely N-dealkylation sites (tertiary alicyclic amines) is 1. The summed E-state index contributed by atoms with van der Waals surface area (Å²) in [6, 6.07) is 0. The van der Waals surface area contributed by atoms with Crippen LogP contribution in [0, 0.1) is 16.7 Å². The van der Waals surface area contributed by atoms with Crippen LogP contribution in [0.1, 0.15) is 58.8 Å². The topological polar surface area (TPSA) is 9.72 Å². The van der Waals surface area contributed by atoms with Gasteiger partial charge in [-0.05, 0) is 68.7 Å². The molecule has 2 saturated carbocycles. The summed E-state index contributed by atoms with van der Waals surface area (Å²) in [4.78, 5) is 7.42. The highest BCUT2D eigenvalue weighted by atomic mass is 19.1. The summed E-state index contributed by atoms with van der Waals surface area (Å²) < 4.78 is 15.4. The predicted octanol–water partition coefficient (Wildman–Crippen LogP) is 3.64. The summed E-state index contributed by atoms with van der Waals surface area (Å²) in [6.45, 7) is 13.5. The lowest BCUT2D eigenvalue weighted by atomic mass is 9.64. The second kappa shape index (κ2) is 7.00. The minimum Gasteiger partial charge on any atom is -0.304 e. The zero-order valence-corrected chi connectivity index (χ0v) is 17.4. The van der Waals surface area contributed by atoms with Crippen molar-refractivity contribution in [2.75, 3.05) is 59.4 Å². The zero-order chi connectivity index (χ0) is 18.4. The fourth-order valence-electron chi connectivity index (χ4n) is 6.07. The number of piperazine rings is 1. The van der Waals surface area contributed by atoms with Gasteiger partial charge >= 0.3 is 0 Å². The van der Waals surface area contributed by atoms with Gasteiger partial charge in [0, 0.05) is 52.4 Å². The van der Waals surface area contributed by atoms with Crippen LogP contribution in [0.4, 0.5) is 4.39 Å². The van der Waals surface area contributed by atoms with E-state index in [9.17, 15) is 0 Å². The van der Waals surface area contributed by atoms with Crippen molar-refractivity contribution in [1.29, 1.82) is 0 Å². The maximum absolute atomic E-state index is 15.4. The van der Waals surface area contributed by atoms with Gasteiger partial charge in [-0.2, -0.15) is 0 Å². The summed E-state index contributed by atoms with van der Waals surface area (Å²) >= 11 is 0. The first-order valence-electron chi connectivity index (χ1n) is 11.1. The van der Waals surface area contributed by atoms with Crippen molar-refractivity contribution < 1.29 is 4.39 Å². The molecular weight excluding hydrogens is 325 g/mol. The molecule has 0 unspecified atom stereocenters. The van der Waals surface area contributed by atoms with Gasteiger partial charge in [0.25, 0.3) is 0 Å². The van der Waals surface area contributed by atoms with E-state index in [2.05, 4.69) is 35.6 Å². The highest BCUT2D eigenvalue weighted by Gasteiger charge is 2.53. The first kappa shape index (κ1) is 19.1. The molecule has 4 fully saturated rings. The van der Waals surface area contributed by atoms with Crippen LogP contribution in [0.5, 0.6) is 0 Å². The third-order valence-corrected chi connectivity index (χ3v) is 7.79. The fraction of sp³-hybridized carbons (Fsp3) is 1.00. The molecule has 150 valence electrons. The van der Waals surface area contributed by atoms with Gasteiger partial charge < -0.3 is 9.80 Å². The first-order valence-corrected chi connectivity index (χ1v) is 11.1. The van der Waals surface area contributed by atoms with Crippen LogP contribution >= 0.6 is 0 Å². The van der Waals surface area contributed by atoms with E-state index in [0.717, 1.165) is 57.8 Å². The number of halogens is 1. The maximum Gasteiger partial charge on any atom is 0.123 e. The third-order valence-electron chi connectivity index (χ3n) is 7.79. The first-order chi connectivity index (χ1) is 12.3. The van der Waals surface area contributed by atoms with E-state index in [1.54, 1.807) is 0 Å². The summed E-state index contributed by atoms with van der Waals surface area (Å²) in [6.07, 6.45) is 8.10. The van der Waals surface area contributed by atoms with Crippen LogP contribution in [0.25, 0.3) is 0 Å². The molecule has 0 aromatic rings. The lowest BCUT2D eigenvalue weighted by Crippen LogP contribution is -2.61. The lowest BCUT2D eigenvalue weighted by Gasteiger charge is -2.56. The third kappa shape index (κ3) is 4.28. The van der Waals surface area contributed by atoms with Crippen LogP contribution in [0.3, 0.4) is 0 Å². The Kier molecular flexibility index (Phi) is 5.16. The van der Waals surface area contributed by atoms with Gasteiger partial charge in [-0.3, -0.25) is 4.90 Å². The molecule has 4 heteroatoms. The van der Waals surface area contributed by atoms with Gasteiger partial charge in [0.1, 0.15) is 5.67 Å². The molecule has 4 rings (SSSR count). The number of likely N-dealkylation sites (N-methyl/N-ethyl adjacent to an activating group) is 1. The molecule has 4 aliphatic rings. The Morgan fingerprint density at radius 3 is 1.96 bits per heavy atom. The second-order valence-corrected chi connectivity index (χ2v) is 11.0. The van der Waals surface area contributed by atoms with Crippen LogP contribution in [0.2, 0.25) is 0 Å². The van der Waals surface area contributed by atoms with Crippen LogP contribution in [-0.4, -0.2) is 79.8 Å². The van der Waals surface area contributed by atoms with Crippen molar-refractivity contribution in [3.8, 4) is 0 Å². The number of nitrogens with zero attached hydrogens (tertiary/aromatic N) is 3. The van der Waals surface area contributed by atoms with Crippen molar-refractivity contribution in [1.82, 2.24) is 14.7 Å². The standard InChI is InChI=1S/C22H40FN3/c1-19(2)14-20(4-5-20)15-26-16-21(17-26)6-8-22(23,9-7-21)18-25-12-10-24(3)11-13-25/h19H,4-18H2,1-3H3. The Balaban J connectivity index is 1.21. The van der Waals surface area contributed by atoms with Gasteiger partial charge in [0.2, 0.25) is 0 Å². The minimum absolute atomic E-state index is 0.464. The van der Waals surface area contributed by atoms with E-state index in [-0.39, 0.29) is 0 Å². The van der Waals surface area contributed by atoms with E-state index < -0.39 is 5.67 Å². The largest absolute Gasteiger partial charge is 0.304 e. The molecule has 0 aromatic heterocycles. The van der Waals surface area contributed by atoms with E-state index in [1.807, 2.05) is 0 Å². The summed E-state index contributed by atoms with van der Waals surface area (Å²) in [5.74, 6) is 0.823. The van der Waals surface area contributed by atoms with Crippen LogP contribution in [-0.2, 0) is 0 Å². The van der Waals surface area contributed by atoms with E-state index in [4.69, 9.17) is 0 Å². The Hall–Kier alpha value is -0.190. The monoisotopic (exact) mass is 365 g/mol. The van der Waals surface area contributed by atoms with Gasteiger partial charge in [0.05, 0.1) is 0 Å². The molecule has 0 atom stereocenters. The SMILES string of the molecule is CC(C)CC1(CN2CC3(CCC(F)(CN4CCN(C)CC4)CC3)C2)CC1. The Morgan fingerprint density at radius 1 is 0.808 bits per heavy atom. The number of hydrogen-bond donors (Lipinski definition) is 0. The smallest absolute Gasteiger partial charge is 0.123 e. The van der Waals surface area contributed by atoms with Crippen molar-refractivity contribution in [2.45, 2.75) is 64.5 Å². The molecule has 0 bridgehead atoms. The normalized spacial score (nSPS) is 31.3. The molecule has 0 radical (unpaired) electrons. The molecule has 3 nitrogen and oxygen atoms in total. The van der Waals surface area contributed by atoms with Gasteiger partial charge in [-0.1, -0.05) is 13.8 Å². The molecule has 2 heterocycles. The van der Waals surface area contributed by atoms with Gasteiger partial charge in [-0.15, -0.1) is 0 Å². The van der Waals surface area contributed by atoms with Gasteiger partial charge in [-0.25, -0.2) is 4.39 Å². The molecular formula is C22H40FN3. The zero-order valence-electron chi connectivity index (χ0n) is 17.4. The van der Waals surface area contributed by atoms with E-state index >= 15 is 4.39 Å². The van der Waals surface area contributed by atoms with Crippen molar-refractivity contribution in [2.24, 2.45) is 16.7 Å². The highest BCUT2D eigenvalue weighted by molar-refractivity contribution is 5.05. The summed E-state index contributed by atoms with van der Waals surface area (Å²) in [7, 11) is 2.17. The molecule has 0 aromatic carbocycles. The van der Waals surface area contributed by atoms with Crippen molar-refractivity contribution >= 4 is 0 Å². The summed E-state index contributed by atoms with van der Waals surface area (Å²) in [5, 5.41) is 0.